The lowest BCUT2D eigenvalue weighted by Gasteiger charge is -2.27. The second-order valence-electron chi connectivity index (χ2n) is 6.16. The van der Waals surface area contributed by atoms with Crippen molar-refractivity contribution in [3.63, 3.8) is 0 Å². The van der Waals surface area contributed by atoms with E-state index in [9.17, 15) is 13.2 Å². The summed E-state index contributed by atoms with van der Waals surface area (Å²) in [5, 5.41) is 0. The number of methoxy groups -OCH3 is 1. The highest BCUT2D eigenvalue weighted by molar-refractivity contribution is 7.91. The molecule has 1 aromatic rings. The zero-order valence-electron chi connectivity index (χ0n) is 14.3. The molecule has 1 aliphatic heterocycles. The molecule has 0 bridgehead atoms. The lowest BCUT2D eigenvalue weighted by atomic mass is 10.0. The predicted octanol–water partition coefficient (Wildman–Crippen LogP) is 1.89. The Morgan fingerprint density at radius 2 is 1.96 bits per heavy atom. The normalized spacial score (nSPS) is 19.6. The molecule has 6 heteroatoms. The lowest BCUT2D eigenvalue weighted by molar-refractivity contribution is -0.132. The highest BCUT2D eigenvalue weighted by Crippen LogP contribution is 2.25. The van der Waals surface area contributed by atoms with Crippen LogP contribution in [0.2, 0.25) is 0 Å². The Hall–Kier alpha value is -1.56. The Balaban J connectivity index is 2.19. The molecule has 1 amide bonds. The molecular formula is C17H25NO4S. The van der Waals surface area contributed by atoms with Gasteiger partial charge in [0.25, 0.3) is 0 Å². The molecule has 2 rings (SSSR count). The van der Waals surface area contributed by atoms with Crippen LogP contribution in [-0.4, -0.2) is 50.4 Å². The minimum atomic E-state index is -3.00. The molecule has 5 nitrogen and oxygen atoms in total. The molecule has 0 N–H and O–H groups in total. The van der Waals surface area contributed by atoms with Gasteiger partial charge in [-0.1, -0.05) is 6.07 Å². The number of benzene rings is 1. The first kappa shape index (κ1) is 17.8. The van der Waals surface area contributed by atoms with E-state index >= 15 is 0 Å². The average molecular weight is 339 g/mol. The van der Waals surface area contributed by atoms with Crippen molar-refractivity contribution in [3.8, 4) is 5.75 Å². The quantitative estimate of drug-likeness (QED) is 0.822. The van der Waals surface area contributed by atoms with Crippen LogP contribution < -0.4 is 4.74 Å². The number of rotatable bonds is 5. The van der Waals surface area contributed by atoms with Crippen LogP contribution >= 0.6 is 0 Å². The maximum atomic E-state index is 12.7. The first-order valence-corrected chi connectivity index (χ1v) is 9.73. The molecule has 1 aromatic carbocycles. The van der Waals surface area contributed by atoms with Gasteiger partial charge in [-0.3, -0.25) is 4.79 Å². The fourth-order valence-electron chi connectivity index (χ4n) is 3.10. The number of aryl methyl sites for hydroxylation is 2. The van der Waals surface area contributed by atoms with Crippen LogP contribution in [0.1, 0.15) is 30.0 Å². The number of carbonyl (C=O) groups excluding carboxylic acids is 1. The van der Waals surface area contributed by atoms with Crippen LogP contribution in [0.25, 0.3) is 0 Å². The number of ether oxygens (including phenoxy) is 1. The molecular weight excluding hydrogens is 314 g/mol. The summed E-state index contributed by atoms with van der Waals surface area (Å²) in [7, 11) is -1.40. The fourth-order valence-corrected chi connectivity index (χ4v) is 4.83. The highest BCUT2D eigenvalue weighted by Gasteiger charge is 2.34. The summed E-state index contributed by atoms with van der Waals surface area (Å²) >= 11 is 0. The Morgan fingerprint density at radius 1 is 1.30 bits per heavy atom. The maximum Gasteiger partial charge on any atom is 0.227 e. The summed E-state index contributed by atoms with van der Waals surface area (Å²) in [5.74, 6) is 0.915. The Morgan fingerprint density at radius 3 is 2.48 bits per heavy atom. The highest BCUT2D eigenvalue weighted by atomic mass is 32.2. The third-order valence-electron chi connectivity index (χ3n) is 4.55. The second-order valence-corrected chi connectivity index (χ2v) is 8.39. The van der Waals surface area contributed by atoms with E-state index in [0.717, 1.165) is 16.7 Å². The third-order valence-corrected chi connectivity index (χ3v) is 6.30. The Bertz CT molecular complexity index is 697. The zero-order valence-corrected chi connectivity index (χ0v) is 15.1. The standard InChI is InChI=1S/C17H25NO4S/c1-5-18(15-6-7-23(20,21)11-15)17(19)10-14-8-12(2)13(3)9-16(14)22-4/h8-9,15H,5-7,10-11H2,1-4H3. The van der Waals surface area contributed by atoms with Gasteiger partial charge in [-0.2, -0.15) is 0 Å². The molecule has 0 saturated carbocycles. The average Bonchev–Trinajstić information content (AvgIpc) is 2.83. The first-order valence-electron chi connectivity index (χ1n) is 7.91. The molecule has 0 aliphatic carbocycles. The van der Waals surface area contributed by atoms with Crippen molar-refractivity contribution in [2.75, 3.05) is 25.2 Å². The monoisotopic (exact) mass is 339 g/mol. The molecule has 1 unspecified atom stereocenters. The zero-order chi connectivity index (χ0) is 17.2. The minimum Gasteiger partial charge on any atom is -0.496 e. The largest absolute Gasteiger partial charge is 0.496 e. The van der Waals surface area contributed by atoms with Crippen molar-refractivity contribution in [1.29, 1.82) is 0 Å². The summed E-state index contributed by atoms with van der Waals surface area (Å²) in [6.45, 7) is 6.42. The van der Waals surface area contributed by atoms with E-state index in [2.05, 4.69) is 0 Å². The van der Waals surface area contributed by atoms with Crippen molar-refractivity contribution in [2.45, 2.75) is 39.7 Å². The van der Waals surface area contributed by atoms with E-state index in [1.165, 1.54) is 0 Å². The van der Waals surface area contributed by atoms with Gasteiger partial charge in [0.1, 0.15) is 5.75 Å². The van der Waals surface area contributed by atoms with Crippen molar-refractivity contribution in [3.05, 3.63) is 28.8 Å². The Labute approximate surface area is 138 Å². The number of hydrogen-bond acceptors (Lipinski definition) is 4. The number of sulfone groups is 1. The molecule has 1 heterocycles. The van der Waals surface area contributed by atoms with Crippen LogP contribution in [0.5, 0.6) is 5.75 Å². The maximum absolute atomic E-state index is 12.7. The molecule has 1 fully saturated rings. The van der Waals surface area contributed by atoms with Crippen LogP contribution in [0, 0.1) is 13.8 Å². The van der Waals surface area contributed by atoms with Gasteiger partial charge in [0.15, 0.2) is 9.84 Å². The van der Waals surface area contributed by atoms with E-state index in [4.69, 9.17) is 4.74 Å². The van der Waals surface area contributed by atoms with Crippen molar-refractivity contribution in [1.82, 2.24) is 4.90 Å². The molecule has 23 heavy (non-hydrogen) atoms. The van der Waals surface area contributed by atoms with Gasteiger partial charge in [-0.25, -0.2) is 8.42 Å². The van der Waals surface area contributed by atoms with Crippen molar-refractivity contribution >= 4 is 15.7 Å². The van der Waals surface area contributed by atoms with Gasteiger partial charge in [-0.05, 0) is 44.4 Å². The summed E-state index contributed by atoms with van der Waals surface area (Å²) in [4.78, 5) is 14.4. The number of likely N-dealkylation sites (N-methyl/N-ethyl adjacent to an activating group) is 1. The van der Waals surface area contributed by atoms with Gasteiger partial charge in [-0.15, -0.1) is 0 Å². The fraction of sp³-hybridized carbons (Fsp3) is 0.588. The van der Waals surface area contributed by atoms with Crippen LogP contribution in [0.15, 0.2) is 12.1 Å². The summed E-state index contributed by atoms with van der Waals surface area (Å²) in [6, 6.07) is 3.72. The molecule has 1 aliphatic rings. The van der Waals surface area contributed by atoms with E-state index in [1.54, 1.807) is 12.0 Å². The van der Waals surface area contributed by atoms with Crippen molar-refractivity contribution < 1.29 is 17.9 Å². The predicted molar refractivity (Wildman–Crippen MR) is 90.6 cm³/mol. The molecule has 1 atom stereocenters. The lowest BCUT2D eigenvalue weighted by Crippen LogP contribution is -2.41. The van der Waals surface area contributed by atoms with Crippen LogP contribution in [0.3, 0.4) is 0 Å². The topological polar surface area (TPSA) is 63.7 Å². The number of hydrogen-bond donors (Lipinski definition) is 0. The minimum absolute atomic E-state index is 0.0452. The van der Waals surface area contributed by atoms with Crippen LogP contribution in [0.4, 0.5) is 0 Å². The van der Waals surface area contributed by atoms with Gasteiger partial charge in [0.05, 0.1) is 25.0 Å². The van der Waals surface area contributed by atoms with E-state index in [0.29, 0.717) is 18.7 Å². The molecule has 0 radical (unpaired) electrons. The summed E-state index contributed by atoms with van der Waals surface area (Å²) < 4.78 is 28.7. The van der Waals surface area contributed by atoms with Gasteiger partial charge in [0, 0.05) is 18.2 Å². The van der Waals surface area contributed by atoms with Gasteiger partial charge < -0.3 is 9.64 Å². The third kappa shape index (κ3) is 4.05. The smallest absolute Gasteiger partial charge is 0.227 e. The number of nitrogens with zero attached hydrogens (tertiary/aromatic N) is 1. The molecule has 0 spiro atoms. The first-order chi connectivity index (χ1) is 10.8. The number of amides is 1. The SMILES string of the molecule is CCN(C(=O)Cc1cc(C)c(C)cc1OC)C1CCS(=O)(=O)C1. The number of carbonyl (C=O) groups is 1. The van der Waals surface area contributed by atoms with Crippen LogP contribution in [-0.2, 0) is 21.1 Å². The molecule has 1 saturated heterocycles. The summed E-state index contributed by atoms with van der Waals surface area (Å²) in [5.41, 5.74) is 3.08. The van der Waals surface area contributed by atoms with Crippen molar-refractivity contribution in [2.24, 2.45) is 0 Å². The van der Waals surface area contributed by atoms with E-state index in [-0.39, 0.29) is 29.9 Å². The Kier molecular flexibility index (Phi) is 5.34. The van der Waals surface area contributed by atoms with Gasteiger partial charge >= 0.3 is 0 Å². The summed E-state index contributed by atoms with van der Waals surface area (Å²) in [6.07, 6.45) is 0.765. The van der Waals surface area contributed by atoms with E-state index < -0.39 is 9.84 Å². The second kappa shape index (κ2) is 6.91. The molecule has 0 aromatic heterocycles. The van der Waals surface area contributed by atoms with E-state index in [1.807, 2.05) is 32.9 Å². The van der Waals surface area contributed by atoms with Gasteiger partial charge in [0.2, 0.25) is 5.91 Å². The molecule has 128 valence electrons.